The number of halogens is 1. The highest BCUT2D eigenvalue weighted by Gasteiger charge is 2.40. The van der Waals surface area contributed by atoms with E-state index in [9.17, 15) is 14.0 Å². The number of aryl methyl sites for hydroxylation is 1. The van der Waals surface area contributed by atoms with Crippen molar-refractivity contribution >= 4 is 23.2 Å². The number of hydrogen-bond donors (Lipinski definition) is 2. The molecule has 5 nitrogen and oxygen atoms in total. The Morgan fingerprint density at radius 2 is 1.59 bits per heavy atom. The molecule has 1 heterocycles. The zero-order valence-corrected chi connectivity index (χ0v) is 24.7. The van der Waals surface area contributed by atoms with Gasteiger partial charge in [-0.25, -0.2) is 4.39 Å². The Kier molecular flexibility index (Phi) is 8.48. The predicted octanol–water partition coefficient (Wildman–Crippen LogP) is 8.02. The lowest BCUT2D eigenvalue weighted by Gasteiger charge is -2.41. The van der Waals surface area contributed by atoms with Gasteiger partial charge in [-0.2, -0.15) is 0 Å². The van der Waals surface area contributed by atoms with Gasteiger partial charge in [0.2, 0.25) is 5.91 Å². The maximum absolute atomic E-state index is 15.0. The van der Waals surface area contributed by atoms with Gasteiger partial charge in [0.15, 0.2) is 0 Å². The third-order valence-electron chi connectivity index (χ3n) is 8.64. The number of rotatable bonds is 6. The second-order valence-electron chi connectivity index (χ2n) is 12.7. The minimum atomic E-state index is -0.532. The van der Waals surface area contributed by atoms with Crippen LogP contribution in [0.15, 0.2) is 66.7 Å². The molecule has 1 saturated carbocycles. The fourth-order valence-corrected chi connectivity index (χ4v) is 6.34. The van der Waals surface area contributed by atoms with Crippen molar-refractivity contribution in [3.8, 4) is 0 Å². The van der Waals surface area contributed by atoms with Crippen LogP contribution in [0.25, 0.3) is 0 Å². The number of anilines is 2. The van der Waals surface area contributed by atoms with E-state index in [-0.39, 0.29) is 22.8 Å². The topological polar surface area (TPSA) is 61.4 Å². The van der Waals surface area contributed by atoms with Crippen LogP contribution in [0.4, 0.5) is 15.8 Å². The van der Waals surface area contributed by atoms with Gasteiger partial charge in [-0.05, 0) is 85.0 Å². The standard InChI is InChI=1S/C35H42FN3O2/c1-23-10-7-16-30(36)31(23)34(41)39-21-9-15-29(33(40)38-28-14-8-11-25(22-28)35(2,3)4)32(39)24-17-19-27(20-18-24)37-26-12-5-6-13-26/h7-8,10-11,14,16-20,22,26,29,32,37H,5-6,9,12-13,15,21H2,1-4H3,(H,38,40). The summed E-state index contributed by atoms with van der Waals surface area (Å²) < 4.78 is 15.0. The predicted molar refractivity (Wildman–Crippen MR) is 164 cm³/mol. The van der Waals surface area contributed by atoms with E-state index in [4.69, 9.17) is 0 Å². The molecule has 3 aromatic rings. The van der Waals surface area contributed by atoms with Crippen LogP contribution in [0, 0.1) is 18.7 Å². The van der Waals surface area contributed by atoms with E-state index in [1.54, 1.807) is 24.0 Å². The summed E-state index contributed by atoms with van der Waals surface area (Å²) in [5.41, 5.74) is 4.42. The monoisotopic (exact) mass is 555 g/mol. The van der Waals surface area contributed by atoms with E-state index in [0.29, 0.717) is 31.0 Å². The average Bonchev–Trinajstić information content (AvgIpc) is 3.46. The van der Waals surface area contributed by atoms with Crippen LogP contribution in [0.3, 0.4) is 0 Å². The molecular formula is C35H42FN3O2. The van der Waals surface area contributed by atoms with Gasteiger partial charge < -0.3 is 15.5 Å². The highest BCUT2D eigenvalue weighted by atomic mass is 19.1. The van der Waals surface area contributed by atoms with Crippen molar-refractivity contribution in [2.75, 3.05) is 17.2 Å². The summed E-state index contributed by atoms with van der Waals surface area (Å²) in [6.45, 7) is 8.65. The first kappa shape index (κ1) is 28.8. The third-order valence-corrected chi connectivity index (χ3v) is 8.64. The summed E-state index contributed by atoms with van der Waals surface area (Å²) in [7, 11) is 0. The number of hydrogen-bond acceptors (Lipinski definition) is 3. The molecule has 3 aromatic carbocycles. The minimum absolute atomic E-state index is 0.0524. The van der Waals surface area contributed by atoms with Gasteiger partial charge in [0, 0.05) is 24.0 Å². The van der Waals surface area contributed by atoms with Gasteiger partial charge in [0.1, 0.15) is 5.82 Å². The molecule has 2 unspecified atom stereocenters. The van der Waals surface area contributed by atoms with E-state index >= 15 is 0 Å². The summed E-state index contributed by atoms with van der Waals surface area (Å²) in [6.07, 6.45) is 6.15. The summed E-state index contributed by atoms with van der Waals surface area (Å²) in [5.74, 6) is -1.51. The Labute approximate surface area is 243 Å². The zero-order chi connectivity index (χ0) is 29.1. The van der Waals surface area contributed by atoms with Gasteiger partial charge in [-0.3, -0.25) is 9.59 Å². The molecule has 216 valence electrons. The number of carbonyl (C=O) groups is 2. The molecular weight excluding hydrogens is 513 g/mol. The molecule has 0 bridgehead atoms. The Bertz CT molecular complexity index is 1370. The average molecular weight is 556 g/mol. The Hall–Kier alpha value is -3.67. The van der Waals surface area contributed by atoms with Gasteiger partial charge in [-0.1, -0.05) is 70.0 Å². The molecule has 2 fully saturated rings. The lowest BCUT2D eigenvalue weighted by molar-refractivity contribution is -0.123. The van der Waals surface area contributed by atoms with Crippen LogP contribution in [0.5, 0.6) is 0 Å². The van der Waals surface area contributed by atoms with Crippen LogP contribution in [0.1, 0.15) is 92.4 Å². The van der Waals surface area contributed by atoms with Crippen LogP contribution in [-0.4, -0.2) is 29.3 Å². The van der Waals surface area contributed by atoms with E-state index in [1.807, 2.05) is 42.5 Å². The first-order valence-electron chi connectivity index (χ1n) is 15.0. The van der Waals surface area contributed by atoms with Crippen LogP contribution in [0.2, 0.25) is 0 Å². The number of nitrogens with one attached hydrogen (secondary N) is 2. The van der Waals surface area contributed by atoms with Gasteiger partial charge in [0.05, 0.1) is 17.5 Å². The highest BCUT2D eigenvalue weighted by Crippen LogP contribution is 2.39. The van der Waals surface area contributed by atoms with E-state index in [0.717, 1.165) is 22.5 Å². The fourth-order valence-electron chi connectivity index (χ4n) is 6.34. The van der Waals surface area contributed by atoms with Crippen molar-refractivity contribution in [2.24, 2.45) is 5.92 Å². The summed E-state index contributed by atoms with van der Waals surface area (Å²) in [4.78, 5) is 29.6. The number of piperidine rings is 1. The smallest absolute Gasteiger partial charge is 0.257 e. The van der Waals surface area contributed by atoms with Crippen LogP contribution < -0.4 is 10.6 Å². The number of nitrogens with zero attached hydrogens (tertiary/aromatic N) is 1. The minimum Gasteiger partial charge on any atom is -0.382 e. The van der Waals surface area contributed by atoms with Crippen LogP contribution >= 0.6 is 0 Å². The van der Waals surface area contributed by atoms with Crippen molar-refractivity contribution < 1.29 is 14.0 Å². The molecule has 2 aliphatic rings. The van der Waals surface area contributed by atoms with Crippen molar-refractivity contribution in [3.63, 3.8) is 0 Å². The molecule has 5 rings (SSSR count). The maximum atomic E-state index is 15.0. The molecule has 0 aromatic heterocycles. The second-order valence-corrected chi connectivity index (χ2v) is 12.7. The van der Waals surface area contributed by atoms with Gasteiger partial charge in [-0.15, -0.1) is 0 Å². The lowest BCUT2D eigenvalue weighted by atomic mass is 9.83. The Morgan fingerprint density at radius 3 is 2.27 bits per heavy atom. The molecule has 2 atom stereocenters. The number of benzene rings is 3. The fraction of sp³-hybridized carbons (Fsp3) is 0.429. The first-order chi connectivity index (χ1) is 19.6. The van der Waals surface area contributed by atoms with Crippen molar-refractivity contribution in [3.05, 3.63) is 94.8 Å². The van der Waals surface area contributed by atoms with Crippen molar-refractivity contribution in [1.82, 2.24) is 4.90 Å². The van der Waals surface area contributed by atoms with Crippen molar-refractivity contribution in [2.45, 2.75) is 83.7 Å². The Balaban J connectivity index is 1.47. The highest BCUT2D eigenvalue weighted by molar-refractivity contribution is 5.98. The molecule has 6 heteroatoms. The molecule has 1 aliphatic carbocycles. The SMILES string of the molecule is Cc1cccc(F)c1C(=O)N1CCCC(C(=O)Nc2cccc(C(C)(C)C)c2)C1c1ccc(NC2CCCC2)cc1. The second kappa shape index (κ2) is 12.1. The quantitative estimate of drug-likeness (QED) is 0.324. The molecule has 0 radical (unpaired) electrons. The molecule has 41 heavy (non-hydrogen) atoms. The van der Waals surface area contributed by atoms with Crippen LogP contribution in [-0.2, 0) is 10.2 Å². The lowest BCUT2D eigenvalue weighted by Crippen LogP contribution is -2.46. The van der Waals surface area contributed by atoms with E-state index in [1.165, 1.54) is 31.7 Å². The number of likely N-dealkylation sites (tertiary alicyclic amines) is 1. The molecule has 0 spiro atoms. The molecule has 2 N–H and O–H groups in total. The summed E-state index contributed by atoms with van der Waals surface area (Å²) in [5, 5.41) is 6.76. The van der Waals surface area contributed by atoms with Gasteiger partial charge >= 0.3 is 0 Å². The largest absolute Gasteiger partial charge is 0.382 e. The van der Waals surface area contributed by atoms with Gasteiger partial charge in [0.25, 0.3) is 5.91 Å². The Morgan fingerprint density at radius 1 is 0.878 bits per heavy atom. The normalized spacial score (nSPS) is 19.7. The number of amides is 2. The van der Waals surface area contributed by atoms with Crippen molar-refractivity contribution in [1.29, 1.82) is 0 Å². The van der Waals surface area contributed by atoms with E-state index in [2.05, 4.69) is 37.5 Å². The van der Waals surface area contributed by atoms with E-state index < -0.39 is 17.8 Å². The first-order valence-corrected chi connectivity index (χ1v) is 15.0. The molecule has 2 amide bonds. The maximum Gasteiger partial charge on any atom is 0.257 e. The summed E-state index contributed by atoms with van der Waals surface area (Å²) >= 11 is 0. The third kappa shape index (κ3) is 6.47. The zero-order valence-electron chi connectivity index (χ0n) is 24.7. The summed E-state index contributed by atoms with van der Waals surface area (Å²) in [6, 6.07) is 20.7. The number of carbonyl (C=O) groups excluding carboxylic acids is 2. The molecule has 1 aliphatic heterocycles. The molecule has 1 saturated heterocycles.